The first-order valence-corrected chi connectivity index (χ1v) is 8.86. The Kier molecular flexibility index (Phi) is 4.64. The number of hydrogen-bond acceptors (Lipinski definition) is 3. The van der Waals surface area contributed by atoms with Crippen LogP contribution in [0.3, 0.4) is 0 Å². The Morgan fingerprint density at radius 1 is 1.32 bits per heavy atom. The van der Waals surface area contributed by atoms with Crippen molar-refractivity contribution in [3.05, 3.63) is 0 Å². The summed E-state index contributed by atoms with van der Waals surface area (Å²) in [6, 6.07) is 0.515. The average Bonchev–Trinajstić information content (AvgIpc) is 2.39. The molecule has 2 N–H and O–H groups in total. The predicted octanol–water partition coefficient (Wildman–Crippen LogP) is 1.93. The standard InChI is InChI=1S/C17H31N3O2/c1-4-18-15(19-10-16(3)11-21-12-16)20-13-9-14(22-5-2)17(13)7-6-8-17/h13-14H,4-12H2,1-3H3,(H2,18,19,20). The van der Waals surface area contributed by atoms with Crippen molar-refractivity contribution in [2.24, 2.45) is 15.8 Å². The molecule has 1 spiro atoms. The number of nitrogens with zero attached hydrogens (tertiary/aromatic N) is 1. The van der Waals surface area contributed by atoms with Crippen LogP contribution in [0.25, 0.3) is 0 Å². The molecule has 0 radical (unpaired) electrons. The molecule has 0 aromatic carbocycles. The summed E-state index contributed by atoms with van der Waals surface area (Å²) in [6.45, 7) is 10.7. The Hall–Kier alpha value is -0.810. The van der Waals surface area contributed by atoms with Gasteiger partial charge in [0.2, 0.25) is 0 Å². The van der Waals surface area contributed by atoms with Gasteiger partial charge < -0.3 is 20.1 Å². The summed E-state index contributed by atoms with van der Waals surface area (Å²) in [4.78, 5) is 4.80. The molecule has 2 atom stereocenters. The van der Waals surface area contributed by atoms with Crippen molar-refractivity contribution in [1.82, 2.24) is 10.6 Å². The van der Waals surface area contributed by atoms with Gasteiger partial charge in [-0.3, -0.25) is 4.99 Å². The Morgan fingerprint density at radius 2 is 2.09 bits per heavy atom. The van der Waals surface area contributed by atoms with E-state index in [0.717, 1.165) is 45.3 Å². The lowest BCUT2D eigenvalue weighted by atomic mass is 9.51. The van der Waals surface area contributed by atoms with E-state index >= 15 is 0 Å². The van der Waals surface area contributed by atoms with Crippen LogP contribution < -0.4 is 10.6 Å². The summed E-state index contributed by atoms with van der Waals surface area (Å²) in [6.07, 6.45) is 5.48. The number of rotatable bonds is 6. The lowest BCUT2D eigenvalue weighted by Gasteiger charge is -2.61. The molecule has 0 aromatic heterocycles. The molecule has 2 aliphatic carbocycles. The van der Waals surface area contributed by atoms with Crippen molar-refractivity contribution >= 4 is 5.96 Å². The lowest BCUT2D eigenvalue weighted by Crippen LogP contribution is -2.68. The third-order valence-electron chi connectivity index (χ3n) is 5.61. The maximum absolute atomic E-state index is 5.93. The molecular formula is C17H31N3O2. The molecule has 1 saturated heterocycles. The fourth-order valence-corrected chi connectivity index (χ4v) is 3.94. The fourth-order valence-electron chi connectivity index (χ4n) is 3.94. The number of aliphatic imine (C=N–C) groups is 1. The molecule has 5 nitrogen and oxygen atoms in total. The van der Waals surface area contributed by atoms with Gasteiger partial charge in [0, 0.05) is 30.0 Å². The van der Waals surface area contributed by atoms with Crippen LogP contribution in [0.1, 0.15) is 46.5 Å². The van der Waals surface area contributed by atoms with E-state index in [9.17, 15) is 0 Å². The first kappa shape index (κ1) is 16.1. The van der Waals surface area contributed by atoms with E-state index in [1.165, 1.54) is 19.3 Å². The van der Waals surface area contributed by atoms with Gasteiger partial charge in [0.25, 0.3) is 0 Å². The van der Waals surface area contributed by atoms with Crippen LogP contribution in [0.2, 0.25) is 0 Å². The second kappa shape index (κ2) is 6.36. The van der Waals surface area contributed by atoms with Gasteiger partial charge in [0.1, 0.15) is 0 Å². The summed E-state index contributed by atoms with van der Waals surface area (Å²) in [5, 5.41) is 7.07. The second-order valence-corrected chi connectivity index (χ2v) is 7.46. The van der Waals surface area contributed by atoms with Crippen LogP contribution in [-0.4, -0.2) is 51.0 Å². The maximum atomic E-state index is 5.93. The topological polar surface area (TPSA) is 54.9 Å². The van der Waals surface area contributed by atoms with Crippen LogP contribution in [-0.2, 0) is 9.47 Å². The van der Waals surface area contributed by atoms with E-state index < -0.39 is 0 Å². The minimum atomic E-state index is 0.226. The number of nitrogens with one attached hydrogen (secondary N) is 2. The van der Waals surface area contributed by atoms with Gasteiger partial charge in [0.05, 0.1) is 25.9 Å². The SMILES string of the molecule is CCNC(=NCC1(C)COC1)NC1CC(OCC)C12CCC2. The predicted molar refractivity (Wildman–Crippen MR) is 88.1 cm³/mol. The second-order valence-electron chi connectivity index (χ2n) is 7.46. The van der Waals surface area contributed by atoms with Gasteiger partial charge in [-0.25, -0.2) is 0 Å². The van der Waals surface area contributed by atoms with E-state index in [-0.39, 0.29) is 5.41 Å². The summed E-state index contributed by atoms with van der Waals surface area (Å²) >= 11 is 0. The normalized spacial score (nSPS) is 31.9. The van der Waals surface area contributed by atoms with E-state index in [1.54, 1.807) is 0 Å². The van der Waals surface area contributed by atoms with Crippen LogP contribution in [0.5, 0.6) is 0 Å². The summed E-state index contributed by atoms with van der Waals surface area (Å²) in [5.74, 6) is 0.960. The number of guanidine groups is 1. The first-order valence-electron chi connectivity index (χ1n) is 8.86. The zero-order valence-corrected chi connectivity index (χ0v) is 14.3. The fraction of sp³-hybridized carbons (Fsp3) is 0.941. The highest BCUT2D eigenvalue weighted by atomic mass is 16.5. The van der Waals surface area contributed by atoms with Crippen molar-refractivity contribution in [3.8, 4) is 0 Å². The average molecular weight is 309 g/mol. The Bertz CT molecular complexity index is 416. The van der Waals surface area contributed by atoms with Crippen molar-refractivity contribution in [3.63, 3.8) is 0 Å². The van der Waals surface area contributed by atoms with Gasteiger partial charge >= 0.3 is 0 Å². The minimum Gasteiger partial charge on any atom is -0.380 e. The molecule has 1 heterocycles. The van der Waals surface area contributed by atoms with Gasteiger partial charge in [0.15, 0.2) is 5.96 Å². The Balaban J connectivity index is 1.58. The van der Waals surface area contributed by atoms with Gasteiger partial charge in [-0.1, -0.05) is 13.3 Å². The molecule has 0 aromatic rings. The largest absolute Gasteiger partial charge is 0.380 e. The molecular weight excluding hydrogens is 278 g/mol. The molecule has 0 amide bonds. The third-order valence-corrected chi connectivity index (χ3v) is 5.61. The zero-order chi connectivity index (χ0) is 15.6. The van der Waals surface area contributed by atoms with Crippen molar-refractivity contribution in [1.29, 1.82) is 0 Å². The van der Waals surface area contributed by atoms with E-state index in [0.29, 0.717) is 17.6 Å². The number of ether oxygens (including phenoxy) is 2. The molecule has 2 saturated carbocycles. The van der Waals surface area contributed by atoms with Crippen molar-refractivity contribution in [2.75, 3.05) is 32.9 Å². The van der Waals surface area contributed by atoms with Gasteiger partial charge in [-0.2, -0.15) is 0 Å². The summed E-state index contributed by atoms with van der Waals surface area (Å²) in [7, 11) is 0. The van der Waals surface area contributed by atoms with E-state index in [1.807, 2.05) is 0 Å². The van der Waals surface area contributed by atoms with Crippen LogP contribution in [0, 0.1) is 10.8 Å². The van der Waals surface area contributed by atoms with Gasteiger partial charge in [-0.15, -0.1) is 0 Å². The molecule has 5 heteroatoms. The highest BCUT2D eigenvalue weighted by Crippen LogP contribution is 2.57. The molecule has 2 unspecified atom stereocenters. The highest BCUT2D eigenvalue weighted by Gasteiger charge is 2.59. The highest BCUT2D eigenvalue weighted by molar-refractivity contribution is 5.80. The first-order chi connectivity index (χ1) is 10.6. The summed E-state index contributed by atoms with van der Waals surface area (Å²) < 4.78 is 11.2. The Morgan fingerprint density at radius 3 is 2.59 bits per heavy atom. The summed E-state index contributed by atoms with van der Waals surface area (Å²) in [5.41, 5.74) is 0.597. The molecule has 1 aliphatic heterocycles. The lowest BCUT2D eigenvalue weighted by molar-refractivity contribution is -0.168. The Labute approximate surface area is 134 Å². The van der Waals surface area contributed by atoms with Crippen LogP contribution in [0.15, 0.2) is 4.99 Å². The molecule has 3 aliphatic rings. The van der Waals surface area contributed by atoms with Crippen LogP contribution >= 0.6 is 0 Å². The monoisotopic (exact) mass is 309 g/mol. The van der Waals surface area contributed by atoms with Crippen LogP contribution in [0.4, 0.5) is 0 Å². The molecule has 22 heavy (non-hydrogen) atoms. The van der Waals surface area contributed by atoms with Crippen molar-refractivity contribution in [2.45, 2.75) is 58.6 Å². The van der Waals surface area contributed by atoms with Crippen molar-refractivity contribution < 1.29 is 9.47 Å². The molecule has 0 bridgehead atoms. The molecule has 126 valence electrons. The molecule has 3 fully saturated rings. The van der Waals surface area contributed by atoms with E-state index in [4.69, 9.17) is 14.5 Å². The quantitative estimate of drug-likeness (QED) is 0.581. The maximum Gasteiger partial charge on any atom is 0.191 e. The number of hydrogen-bond donors (Lipinski definition) is 2. The zero-order valence-electron chi connectivity index (χ0n) is 14.3. The molecule has 3 rings (SSSR count). The minimum absolute atomic E-state index is 0.226. The third kappa shape index (κ3) is 2.85. The van der Waals surface area contributed by atoms with Gasteiger partial charge in [-0.05, 0) is 33.1 Å². The van der Waals surface area contributed by atoms with E-state index in [2.05, 4.69) is 31.4 Å². The smallest absolute Gasteiger partial charge is 0.191 e.